The number of hydrogen-bond donors (Lipinski definition) is 0. The van der Waals surface area contributed by atoms with Crippen LogP contribution < -0.4 is 4.74 Å². The minimum Gasteiger partial charge on any atom is -0.497 e. The summed E-state index contributed by atoms with van der Waals surface area (Å²) in [5.74, 6) is -0.321. The molecule has 3 aliphatic heterocycles. The van der Waals surface area contributed by atoms with Gasteiger partial charge in [0.05, 0.1) is 13.2 Å². The lowest BCUT2D eigenvalue weighted by atomic mass is 9.94. The highest BCUT2D eigenvalue weighted by atomic mass is 16.8. The SMILES string of the molecule is COc1ccc([C@@H](C)N2[C@H]3[C@@H]4OC(C)(C)O[C@H]4/C=C\C[C@@H]2O[C@H]3C(=O)OC(C)(C)C)cc1. The molecule has 0 unspecified atom stereocenters. The topological polar surface area (TPSA) is 66.5 Å². The lowest BCUT2D eigenvalue weighted by Gasteiger charge is -2.38. The third-order valence-electron chi connectivity index (χ3n) is 6.14. The van der Waals surface area contributed by atoms with E-state index < -0.39 is 17.5 Å². The van der Waals surface area contributed by atoms with E-state index in [4.69, 9.17) is 23.7 Å². The molecular formula is C25H35NO6. The van der Waals surface area contributed by atoms with E-state index in [0.29, 0.717) is 6.42 Å². The lowest BCUT2D eigenvalue weighted by Crippen LogP contribution is -2.54. The van der Waals surface area contributed by atoms with E-state index in [-0.39, 0.29) is 36.5 Å². The molecule has 0 N–H and O–H groups in total. The van der Waals surface area contributed by atoms with E-state index in [1.807, 2.05) is 65.0 Å². The van der Waals surface area contributed by atoms with Crippen LogP contribution in [0.1, 0.15) is 59.6 Å². The van der Waals surface area contributed by atoms with Gasteiger partial charge in [-0.3, -0.25) is 4.90 Å². The molecule has 2 saturated heterocycles. The van der Waals surface area contributed by atoms with Gasteiger partial charge >= 0.3 is 5.97 Å². The second-order valence-corrected chi connectivity index (χ2v) is 10.2. The number of benzene rings is 1. The molecule has 0 amide bonds. The van der Waals surface area contributed by atoms with Gasteiger partial charge in [-0.25, -0.2) is 4.79 Å². The zero-order chi connectivity index (χ0) is 23.3. The Kier molecular flexibility index (Phi) is 6.13. The van der Waals surface area contributed by atoms with Crippen molar-refractivity contribution in [3.8, 4) is 5.75 Å². The van der Waals surface area contributed by atoms with Gasteiger partial charge < -0.3 is 23.7 Å². The number of rotatable bonds is 4. The van der Waals surface area contributed by atoms with Crippen molar-refractivity contribution in [2.75, 3.05) is 7.11 Å². The minimum absolute atomic E-state index is 0.0252. The molecule has 3 heterocycles. The highest BCUT2D eigenvalue weighted by Crippen LogP contribution is 2.44. The number of carbonyl (C=O) groups excluding carboxylic acids is 1. The van der Waals surface area contributed by atoms with Crippen LogP contribution in [0.3, 0.4) is 0 Å². The monoisotopic (exact) mass is 445 g/mol. The number of fused-ring (bicyclic) bond motifs is 4. The van der Waals surface area contributed by atoms with Gasteiger partial charge in [0, 0.05) is 12.5 Å². The first-order valence-corrected chi connectivity index (χ1v) is 11.3. The highest BCUT2D eigenvalue weighted by molar-refractivity contribution is 5.76. The molecule has 1 aromatic rings. The van der Waals surface area contributed by atoms with Crippen molar-refractivity contribution >= 4 is 5.97 Å². The van der Waals surface area contributed by atoms with Crippen LogP contribution in [0.25, 0.3) is 0 Å². The number of hydrogen-bond acceptors (Lipinski definition) is 7. The Morgan fingerprint density at radius 3 is 2.50 bits per heavy atom. The smallest absolute Gasteiger partial charge is 0.337 e. The lowest BCUT2D eigenvalue weighted by molar-refractivity contribution is -0.172. The molecule has 0 spiro atoms. The molecule has 0 aromatic heterocycles. The van der Waals surface area contributed by atoms with Crippen LogP contribution in [0, 0.1) is 0 Å². The second kappa shape index (κ2) is 8.45. The van der Waals surface area contributed by atoms with Crippen LogP contribution in [0.4, 0.5) is 0 Å². The summed E-state index contributed by atoms with van der Waals surface area (Å²) < 4.78 is 30.0. The summed E-state index contributed by atoms with van der Waals surface area (Å²) in [5, 5.41) is 0. The highest BCUT2D eigenvalue weighted by Gasteiger charge is 2.58. The maximum absolute atomic E-state index is 13.3. The van der Waals surface area contributed by atoms with Crippen molar-refractivity contribution < 1.29 is 28.5 Å². The van der Waals surface area contributed by atoms with Crippen molar-refractivity contribution in [1.29, 1.82) is 0 Å². The molecule has 1 aromatic carbocycles. The van der Waals surface area contributed by atoms with Gasteiger partial charge in [0.2, 0.25) is 0 Å². The summed E-state index contributed by atoms with van der Waals surface area (Å²) in [6.07, 6.45) is 3.05. The van der Waals surface area contributed by atoms with Gasteiger partial charge in [-0.05, 0) is 59.2 Å². The molecular weight excluding hydrogens is 410 g/mol. The Morgan fingerprint density at radius 2 is 1.88 bits per heavy atom. The van der Waals surface area contributed by atoms with Crippen molar-refractivity contribution in [3.05, 3.63) is 42.0 Å². The molecule has 0 aliphatic carbocycles. The van der Waals surface area contributed by atoms with E-state index >= 15 is 0 Å². The number of methoxy groups -OCH3 is 1. The summed E-state index contributed by atoms with van der Waals surface area (Å²) in [4.78, 5) is 15.5. The largest absolute Gasteiger partial charge is 0.497 e. The van der Waals surface area contributed by atoms with Crippen molar-refractivity contribution in [2.45, 2.75) is 96.0 Å². The molecule has 2 fully saturated rings. The first-order chi connectivity index (χ1) is 15.0. The summed E-state index contributed by atoms with van der Waals surface area (Å²) >= 11 is 0. The molecule has 176 valence electrons. The predicted molar refractivity (Wildman–Crippen MR) is 119 cm³/mol. The van der Waals surface area contributed by atoms with Crippen LogP contribution >= 0.6 is 0 Å². The number of ether oxygens (including phenoxy) is 5. The summed E-state index contributed by atoms with van der Waals surface area (Å²) in [7, 11) is 1.65. The average Bonchev–Trinajstić information content (AvgIpc) is 3.23. The van der Waals surface area contributed by atoms with E-state index in [1.165, 1.54) is 0 Å². The van der Waals surface area contributed by atoms with Gasteiger partial charge in [0.15, 0.2) is 11.9 Å². The van der Waals surface area contributed by atoms with Gasteiger partial charge in [-0.15, -0.1) is 0 Å². The van der Waals surface area contributed by atoms with Crippen LogP contribution in [0.15, 0.2) is 36.4 Å². The van der Waals surface area contributed by atoms with Gasteiger partial charge in [0.1, 0.15) is 29.8 Å². The van der Waals surface area contributed by atoms with Crippen LogP contribution in [-0.2, 0) is 23.7 Å². The summed E-state index contributed by atoms with van der Waals surface area (Å²) in [6, 6.07) is 7.61. The van der Waals surface area contributed by atoms with Gasteiger partial charge in [0.25, 0.3) is 0 Å². The maximum Gasteiger partial charge on any atom is 0.337 e. The molecule has 2 bridgehead atoms. The van der Waals surface area contributed by atoms with E-state index in [0.717, 1.165) is 11.3 Å². The molecule has 32 heavy (non-hydrogen) atoms. The quantitative estimate of drug-likeness (QED) is 0.513. The zero-order valence-electron chi connectivity index (χ0n) is 20.0. The number of nitrogens with zero attached hydrogens (tertiary/aromatic N) is 1. The van der Waals surface area contributed by atoms with Crippen LogP contribution in [0.2, 0.25) is 0 Å². The van der Waals surface area contributed by atoms with E-state index in [1.54, 1.807) is 7.11 Å². The van der Waals surface area contributed by atoms with Crippen molar-refractivity contribution in [3.63, 3.8) is 0 Å². The minimum atomic E-state index is -0.773. The summed E-state index contributed by atoms with van der Waals surface area (Å²) in [5.41, 5.74) is 0.494. The standard InChI is InChI=1S/C25H35NO6/c1-15(16-11-13-17(28-7)14-12-16)26-19-10-8-9-18-21(31-25(5,6)30-18)20(26)22(29-19)23(27)32-24(2,3)4/h8-9,11-15,18-22H,10H2,1-7H3/b9-8-/t15-,18+,19+,20+,21-,22-/m1/s1. The Hall–Kier alpha value is -1.93. The average molecular weight is 446 g/mol. The first-order valence-electron chi connectivity index (χ1n) is 11.3. The molecule has 7 nitrogen and oxygen atoms in total. The Bertz CT molecular complexity index is 858. The van der Waals surface area contributed by atoms with Crippen molar-refractivity contribution in [1.82, 2.24) is 4.90 Å². The molecule has 3 aliphatic rings. The Labute approximate surface area is 190 Å². The molecule has 0 saturated carbocycles. The van der Waals surface area contributed by atoms with Crippen LogP contribution in [-0.4, -0.2) is 59.9 Å². The fraction of sp³-hybridized carbons (Fsp3) is 0.640. The fourth-order valence-corrected chi connectivity index (χ4v) is 4.86. The molecule has 0 radical (unpaired) electrons. The predicted octanol–water partition coefficient (Wildman–Crippen LogP) is 3.97. The third-order valence-corrected chi connectivity index (χ3v) is 6.14. The summed E-state index contributed by atoms with van der Waals surface area (Å²) in [6.45, 7) is 11.5. The number of carbonyl (C=O) groups is 1. The molecule has 4 rings (SSSR count). The van der Waals surface area contributed by atoms with Crippen molar-refractivity contribution in [2.24, 2.45) is 0 Å². The fourth-order valence-electron chi connectivity index (χ4n) is 4.86. The molecule has 7 heteroatoms. The van der Waals surface area contributed by atoms with E-state index in [2.05, 4.69) is 17.9 Å². The number of esters is 1. The van der Waals surface area contributed by atoms with Crippen LogP contribution in [0.5, 0.6) is 5.75 Å². The Balaban J connectivity index is 1.72. The molecule has 6 atom stereocenters. The van der Waals surface area contributed by atoms with Gasteiger partial charge in [-0.2, -0.15) is 0 Å². The normalized spacial score (nSPS) is 33.7. The maximum atomic E-state index is 13.3. The Morgan fingerprint density at radius 1 is 1.19 bits per heavy atom. The zero-order valence-corrected chi connectivity index (χ0v) is 20.0. The van der Waals surface area contributed by atoms with Gasteiger partial charge in [-0.1, -0.05) is 24.3 Å². The van der Waals surface area contributed by atoms with E-state index in [9.17, 15) is 4.79 Å². The second-order valence-electron chi connectivity index (χ2n) is 10.2. The first kappa shape index (κ1) is 23.2. The third kappa shape index (κ3) is 4.57.